The molecule has 3 rings (SSSR count). The molecular formula is C15H19N3O2S. The van der Waals surface area contributed by atoms with Gasteiger partial charge in [-0.3, -0.25) is 5.10 Å². The van der Waals surface area contributed by atoms with Gasteiger partial charge >= 0.3 is 0 Å². The Balaban J connectivity index is 0.000000510. The molecule has 0 saturated heterocycles. The van der Waals surface area contributed by atoms with Crippen molar-refractivity contribution in [2.24, 2.45) is 0 Å². The molecular weight excluding hydrogens is 286 g/mol. The summed E-state index contributed by atoms with van der Waals surface area (Å²) in [5.74, 6) is 1.21. The largest absolute Gasteiger partial charge is 0.463 e. The van der Waals surface area contributed by atoms with Gasteiger partial charge in [0.05, 0.1) is 12.5 Å². The van der Waals surface area contributed by atoms with Crippen molar-refractivity contribution in [3.05, 3.63) is 41.6 Å². The molecule has 0 aliphatic carbocycles. The molecule has 21 heavy (non-hydrogen) atoms. The number of aromatic nitrogens is 3. The van der Waals surface area contributed by atoms with E-state index in [1.807, 2.05) is 27.7 Å². The highest BCUT2D eigenvalue weighted by Gasteiger charge is 2.15. The van der Waals surface area contributed by atoms with Gasteiger partial charge in [0, 0.05) is 0 Å². The first-order valence-electron chi connectivity index (χ1n) is 6.89. The standard InChI is InChI=1S/C11H7N3O2S.2C2H6/c17-11-12-9(7-3-1-5-15-7)10(13-14-11)8-4-2-6-16-8;2*1-2/h1-6H,(H,12,14,17);2*1-2H3. The zero-order chi connectivity index (χ0) is 15.7. The Kier molecular flexibility index (Phi) is 7.11. The van der Waals surface area contributed by atoms with Crippen LogP contribution in [0.2, 0.25) is 0 Å². The SMILES string of the molecule is CC.CC.S=c1nc(-c2ccco2)c(-c2ccco2)n[nH]1. The molecule has 0 aromatic carbocycles. The van der Waals surface area contributed by atoms with Crippen molar-refractivity contribution in [2.75, 3.05) is 0 Å². The minimum absolute atomic E-state index is 0.298. The van der Waals surface area contributed by atoms with Crippen LogP contribution >= 0.6 is 12.2 Å². The van der Waals surface area contributed by atoms with Crippen molar-refractivity contribution in [3.63, 3.8) is 0 Å². The van der Waals surface area contributed by atoms with Gasteiger partial charge in [-0.1, -0.05) is 27.7 Å². The number of hydrogen-bond acceptors (Lipinski definition) is 5. The summed E-state index contributed by atoms with van der Waals surface area (Å²) in [6.07, 6.45) is 3.15. The second-order valence-corrected chi connectivity index (χ2v) is 3.68. The van der Waals surface area contributed by atoms with Gasteiger partial charge < -0.3 is 8.83 Å². The maximum atomic E-state index is 5.31. The third-order valence-electron chi connectivity index (χ3n) is 2.21. The average Bonchev–Trinajstić information content (AvgIpc) is 3.25. The van der Waals surface area contributed by atoms with Gasteiger partial charge in [0.15, 0.2) is 17.2 Å². The molecule has 0 bridgehead atoms. The van der Waals surface area contributed by atoms with E-state index in [9.17, 15) is 0 Å². The lowest BCUT2D eigenvalue weighted by atomic mass is 10.2. The Morgan fingerprint density at radius 2 is 1.43 bits per heavy atom. The summed E-state index contributed by atoms with van der Waals surface area (Å²) in [5.41, 5.74) is 1.13. The van der Waals surface area contributed by atoms with E-state index in [1.165, 1.54) is 0 Å². The molecule has 0 aliphatic rings. The van der Waals surface area contributed by atoms with Crippen LogP contribution in [-0.2, 0) is 0 Å². The van der Waals surface area contributed by atoms with Crippen LogP contribution in [0.5, 0.6) is 0 Å². The van der Waals surface area contributed by atoms with E-state index in [0.29, 0.717) is 27.7 Å². The van der Waals surface area contributed by atoms with Crippen molar-refractivity contribution in [3.8, 4) is 22.9 Å². The topological polar surface area (TPSA) is 67.8 Å². The second kappa shape index (κ2) is 8.86. The van der Waals surface area contributed by atoms with E-state index in [4.69, 9.17) is 21.1 Å². The fraction of sp³-hybridized carbons (Fsp3) is 0.267. The summed E-state index contributed by atoms with van der Waals surface area (Å²) in [6, 6.07) is 7.16. The number of furan rings is 2. The summed E-state index contributed by atoms with van der Waals surface area (Å²) in [4.78, 5) is 4.21. The Morgan fingerprint density at radius 3 is 1.90 bits per heavy atom. The molecule has 0 amide bonds. The summed E-state index contributed by atoms with van der Waals surface area (Å²) < 4.78 is 10.9. The molecule has 3 aromatic rings. The quantitative estimate of drug-likeness (QED) is 0.666. The molecule has 0 unspecified atom stereocenters. The average molecular weight is 305 g/mol. The predicted molar refractivity (Wildman–Crippen MR) is 85.3 cm³/mol. The highest BCUT2D eigenvalue weighted by molar-refractivity contribution is 7.71. The van der Waals surface area contributed by atoms with Crippen LogP contribution in [0, 0.1) is 4.77 Å². The first-order valence-corrected chi connectivity index (χ1v) is 7.30. The van der Waals surface area contributed by atoms with E-state index >= 15 is 0 Å². The zero-order valence-corrected chi connectivity index (χ0v) is 13.4. The van der Waals surface area contributed by atoms with Crippen LogP contribution in [0.1, 0.15) is 27.7 Å². The van der Waals surface area contributed by atoms with Crippen molar-refractivity contribution in [1.29, 1.82) is 0 Å². The van der Waals surface area contributed by atoms with E-state index in [1.54, 1.807) is 36.8 Å². The highest BCUT2D eigenvalue weighted by Crippen LogP contribution is 2.28. The zero-order valence-electron chi connectivity index (χ0n) is 12.6. The minimum atomic E-state index is 0.298. The van der Waals surface area contributed by atoms with Gasteiger partial charge in [-0.25, -0.2) is 4.98 Å². The number of nitrogens with zero attached hydrogens (tertiary/aromatic N) is 2. The summed E-state index contributed by atoms with van der Waals surface area (Å²) in [6.45, 7) is 8.00. The number of hydrogen-bond donors (Lipinski definition) is 1. The van der Waals surface area contributed by atoms with Crippen LogP contribution in [-0.4, -0.2) is 15.2 Å². The first kappa shape index (κ1) is 16.8. The van der Waals surface area contributed by atoms with Gasteiger partial charge in [0.2, 0.25) is 4.77 Å². The third kappa shape index (κ3) is 4.13. The lowest BCUT2D eigenvalue weighted by Gasteiger charge is -2.01. The summed E-state index contributed by atoms with van der Waals surface area (Å²) in [5, 5.41) is 6.77. The van der Waals surface area contributed by atoms with Gasteiger partial charge in [-0.05, 0) is 36.5 Å². The van der Waals surface area contributed by atoms with E-state index in [2.05, 4.69) is 15.2 Å². The molecule has 0 atom stereocenters. The lowest BCUT2D eigenvalue weighted by Crippen LogP contribution is -1.95. The Labute approximate surface area is 129 Å². The number of aromatic amines is 1. The molecule has 5 nitrogen and oxygen atoms in total. The molecule has 6 heteroatoms. The van der Waals surface area contributed by atoms with E-state index in [-0.39, 0.29) is 0 Å². The van der Waals surface area contributed by atoms with Crippen LogP contribution in [0.4, 0.5) is 0 Å². The molecule has 0 spiro atoms. The monoisotopic (exact) mass is 305 g/mol. The van der Waals surface area contributed by atoms with E-state index in [0.717, 1.165) is 0 Å². The van der Waals surface area contributed by atoms with Gasteiger partial charge in [0.1, 0.15) is 5.69 Å². The molecule has 0 radical (unpaired) electrons. The maximum Gasteiger partial charge on any atom is 0.214 e. The second-order valence-electron chi connectivity index (χ2n) is 3.29. The fourth-order valence-corrected chi connectivity index (χ4v) is 1.64. The predicted octanol–water partition coefficient (Wildman–Crippen LogP) is 5.11. The number of H-pyrrole nitrogens is 1. The molecule has 0 fully saturated rings. The molecule has 0 aliphatic heterocycles. The summed E-state index contributed by atoms with van der Waals surface area (Å²) >= 11 is 4.96. The van der Waals surface area contributed by atoms with Crippen molar-refractivity contribution >= 4 is 12.2 Å². The lowest BCUT2D eigenvalue weighted by molar-refractivity contribution is 0.569. The van der Waals surface area contributed by atoms with Gasteiger partial charge in [0.25, 0.3) is 0 Å². The molecule has 3 heterocycles. The smallest absolute Gasteiger partial charge is 0.214 e. The minimum Gasteiger partial charge on any atom is -0.463 e. The third-order valence-corrected chi connectivity index (χ3v) is 2.39. The number of nitrogens with one attached hydrogen (secondary N) is 1. The Hall–Kier alpha value is -2.21. The molecule has 1 N–H and O–H groups in total. The van der Waals surface area contributed by atoms with Crippen molar-refractivity contribution in [2.45, 2.75) is 27.7 Å². The van der Waals surface area contributed by atoms with Gasteiger partial charge in [-0.2, -0.15) is 5.10 Å². The van der Waals surface area contributed by atoms with Crippen LogP contribution in [0.25, 0.3) is 22.9 Å². The van der Waals surface area contributed by atoms with Crippen LogP contribution < -0.4 is 0 Å². The van der Waals surface area contributed by atoms with E-state index < -0.39 is 0 Å². The normalized spacial score (nSPS) is 9.14. The van der Waals surface area contributed by atoms with Crippen molar-refractivity contribution < 1.29 is 8.83 Å². The maximum absolute atomic E-state index is 5.31. The van der Waals surface area contributed by atoms with Crippen LogP contribution in [0.15, 0.2) is 45.6 Å². The number of rotatable bonds is 2. The summed E-state index contributed by atoms with van der Waals surface area (Å²) in [7, 11) is 0. The van der Waals surface area contributed by atoms with Gasteiger partial charge in [-0.15, -0.1) is 0 Å². The Bertz CT molecular complexity index is 673. The molecule has 112 valence electrons. The van der Waals surface area contributed by atoms with Crippen molar-refractivity contribution in [1.82, 2.24) is 15.2 Å². The fourth-order valence-electron chi connectivity index (χ4n) is 1.51. The Morgan fingerprint density at radius 1 is 0.905 bits per heavy atom. The molecule has 3 aromatic heterocycles. The molecule has 0 saturated carbocycles. The van der Waals surface area contributed by atoms with Crippen LogP contribution in [0.3, 0.4) is 0 Å². The first-order chi connectivity index (χ1) is 10.3. The highest BCUT2D eigenvalue weighted by atomic mass is 32.1.